The topological polar surface area (TPSA) is 58.6 Å². The summed E-state index contributed by atoms with van der Waals surface area (Å²) in [6.07, 6.45) is 2.13. The predicted octanol–water partition coefficient (Wildman–Crippen LogP) is 2.06. The van der Waals surface area contributed by atoms with Gasteiger partial charge in [-0.2, -0.15) is 0 Å². The van der Waals surface area contributed by atoms with Crippen LogP contribution in [0, 0.1) is 0 Å². The molecule has 2 rings (SSSR count). The van der Waals surface area contributed by atoms with Gasteiger partial charge in [-0.15, -0.1) is 0 Å². The van der Waals surface area contributed by atoms with Crippen molar-refractivity contribution < 1.29 is 14.6 Å². The van der Waals surface area contributed by atoms with Gasteiger partial charge in [-0.25, -0.2) is 0 Å². The van der Waals surface area contributed by atoms with Gasteiger partial charge in [0.25, 0.3) is 5.91 Å². The molecule has 5 heteroatoms. The van der Waals surface area contributed by atoms with Crippen LogP contribution in [0.1, 0.15) is 23.2 Å². The average Bonchev–Trinajstić information content (AvgIpc) is 2.82. The number of aromatic hydroxyl groups is 1. The first-order valence-electron chi connectivity index (χ1n) is 5.55. The highest BCUT2D eigenvalue weighted by molar-refractivity contribution is 9.10. The highest BCUT2D eigenvalue weighted by Gasteiger charge is 2.18. The summed E-state index contributed by atoms with van der Waals surface area (Å²) in [5.74, 6) is -0.294. The highest BCUT2D eigenvalue weighted by Crippen LogP contribution is 2.21. The Labute approximate surface area is 108 Å². The zero-order chi connectivity index (χ0) is 12.3. The van der Waals surface area contributed by atoms with Crippen molar-refractivity contribution in [3.05, 3.63) is 28.2 Å². The molecule has 0 aliphatic carbocycles. The molecule has 0 spiro atoms. The molecule has 0 saturated carbocycles. The molecule has 2 N–H and O–H groups in total. The van der Waals surface area contributed by atoms with Crippen molar-refractivity contribution in [1.82, 2.24) is 5.32 Å². The summed E-state index contributed by atoms with van der Waals surface area (Å²) in [7, 11) is 0. The van der Waals surface area contributed by atoms with E-state index in [9.17, 15) is 9.90 Å². The summed E-state index contributed by atoms with van der Waals surface area (Å²) in [5.41, 5.74) is 0.275. The number of carbonyl (C=O) groups is 1. The van der Waals surface area contributed by atoms with Gasteiger partial charge in [0.05, 0.1) is 11.7 Å². The fourth-order valence-electron chi connectivity index (χ4n) is 1.80. The van der Waals surface area contributed by atoms with E-state index in [2.05, 4.69) is 21.2 Å². The number of phenols is 1. The monoisotopic (exact) mass is 299 g/mol. The largest absolute Gasteiger partial charge is 0.507 e. The maximum Gasteiger partial charge on any atom is 0.255 e. The van der Waals surface area contributed by atoms with Gasteiger partial charge in [0.1, 0.15) is 5.75 Å². The summed E-state index contributed by atoms with van der Waals surface area (Å²) in [6.45, 7) is 1.26. The molecule has 1 aromatic rings. The van der Waals surface area contributed by atoms with Gasteiger partial charge < -0.3 is 15.2 Å². The van der Waals surface area contributed by atoms with E-state index < -0.39 is 0 Å². The molecule has 0 radical (unpaired) electrons. The Balaban J connectivity index is 1.96. The molecule has 1 amide bonds. The van der Waals surface area contributed by atoms with Crippen LogP contribution in [-0.4, -0.2) is 30.3 Å². The molecule has 1 saturated heterocycles. The molecule has 1 aromatic carbocycles. The Hall–Kier alpha value is -1.07. The smallest absolute Gasteiger partial charge is 0.255 e. The second kappa shape index (κ2) is 5.51. The highest BCUT2D eigenvalue weighted by atomic mass is 79.9. The Morgan fingerprint density at radius 3 is 3.12 bits per heavy atom. The number of phenolic OH excluding ortho intramolecular Hbond substituents is 1. The van der Waals surface area contributed by atoms with Crippen LogP contribution in [0.15, 0.2) is 22.7 Å². The Kier molecular flexibility index (Phi) is 4.02. The molecule has 92 valence electrons. The third-order valence-corrected chi connectivity index (χ3v) is 3.21. The van der Waals surface area contributed by atoms with Crippen LogP contribution in [0.3, 0.4) is 0 Å². The van der Waals surface area contributed by atoms with Crippen LogP contribution >= 0.6 is 15.9 Å². The Bertz CT molecular complexity index is 416. The van der Waals surface area contributed by atoms with Gasteiger partial charge in [-0.05, 0) is 31.0 Å². The van der Waals surface area contributed by atoms with E-state index in [0.29, 0.717) is 6.54 Å². The van der Waals surface area contributed by atoms with E-state index in [1.54, 1.807) is 12.1 Å². The number of carbonyl (C=O) groups excluding carboxylic acids is 1. The molecule has 0 bridgehead atoms. The number of ether oxygens (including phenoxy) is 1. The zero-order valence-electron chi connectivity index (χ0n) is 9.28. The second-order valence-corrected chi connectivity index (χ2v) is 4.92. The van der Waals surface area contributed by atoms with Crippen LogP contribution in [-0.2, 0) is 4.74 Å². The summed E-state index contributed by atoms with van der Waals surface area (Å²) in [4.78, 5) is 11.8. The number of amides is 1. The van der Waals surface area contributed by atoms with Crippen molar-refractivity contribution in [3.63, 3.8) is 0 Å². The van der Waals surface area contributed by atoms with Crippen LogP contribution in [0.4, 0.5) is 0 Å². The van der Waals surface area contributed by atoms with Crippen molar-refractivity contribution in [2.45, 2.75) is 18.9 Å². The van der Waals surface area contributed by atoms with E-state index in [-0.39, 0.29) is 23.3 Å². The lowest BCUT2D eigenvalue weighted by Crippen LogP contribution is -2.31. The standard InChI is InChI=1S/C12H14BrNO3/c13-8-3-4-11(15)10(6-8)12(16)14-7-9-2-1-5-17-9/h3-4,6,9,15H,1-2,5,7H2,(H,14,16). The molecule has 1 aliphatic rings. The Morgan fingerprint density at radius 1 is 1.59 bits per heavy atom. The summed E-state index contributed by atoms with van der Waals surface area (Å²) in [5, 5.41) is 12.3. The van der Waals surface area contributed by atoms with Gasteiger partial charge in [-0.3, -0.25) is 4.79 Å². The van der Waals surface area contributed by atoms with E-state index in [1.165, 1.54) is 6.07 Å². The van der Waals surface area contributed by atoms with Gasteiger partial charge in [0.2, 0.25) is 0 Å². The first-order chi connectivity index (χ1) is 8.16. The fraction of sp³-hybridized carbons (Fsp3) is 0.417. The Morgan fingerprint density at radius 2 is 2.41 bits per heavy atom. The lowest BCUT2D eigenvalue weighted by molar-refractivity contribution is 0.0855. The molecule has 4 nitrogen and oxygen atoms in total. The molecule has 1 atom stereocenters. The lowest BCUT2D eigenvalue weighted by Gasteiger charge is -2.11. The molecule has 17 heavy (non-hydrogen) atoms. The first-order valence-corrected chi connectivity index (χ1v) is 6.34. The number of halogens is 1. The summed E-state index contributed by atoms with van der Waals surface area (Å²) < 4.78 is 6.17. The third kappa shape index (κ3) is 3.20. The van der Waals surface area contributed by atoms with E-state index in [1.807, 2.05) is 0 Å². The summed E-state index contributed by atoms with van der Waals surface area (Å²) >= 11 is 3.27. The summed E-state index contributed by atoms with van der Waals surface area (Å²) in [6, 6.07) is 4.78. The van der Waals surface area contributed by atoms with Gasteiger partial charge >= 0.3 is 0 Å². The van der Waals surface area contributed by atoms with Crippen molar-refractivity contribution in [2.75, 3.05) is 13.2 Å². The van der Waals surface area contributed by atoms with Crippen LogP contribution in [0.2, 0.25) is 0 Å². The molecular formula is C12H14BrNO3. The lowest BCUT2D eigenvalue weighted by atomic mass is 10.2. The van der Waals surface area contributed by atoms with Crippen molar-refractivity contribution >= 4 is 21.8 Å². The molecule has 1 heterocycles. The molecule has 1 fully saturated rings. The van der Waals surface area contributed by atoms with Crippen LogP contribution < -0.4 is 5.32 Å². The van der Waals surface area contributed by atoms with Crippen molar-refractivity contribution in [2.24, 2.45) is 0 Å². The zero-order valence-corrected chi connectivity index (χ0v) is 10.9. The SMILES string of the molecule is O=C(NCC1CCCO1)c1cc(Br)ccc1O. The molecular weight excluding hydrogens is 286 g/mol. The quantitative estimate of drug-likeness (QED) is 0.898. The maximum atomic E-state index is 11.8. The van der Waals surface area contributed by atoms with Crippen molar-refractivity contribution in [3.8, 4) is 5.75 Å². The van der Waals surface area contributed by atoms with E-state index in [0.717, 1.165) is 23.9 Å². The average molecular weight is 300 g/mol. The first kappa shape index (κ1) is 12.4. The van der Waals surface area contributed by atoms with Crippen LogP contribution in [0.5, 0.6) is 5.75 Å². The minimum absolute atomic E-state index is 0.0157. The third-order valence-electron chi connectivity index (χ3n) is 2.72. The predicted molar refractivity (Wildman–Crippen MR) is 67.1 cm³/mol. The number of hydrogen-bond acceptors (Lipinski definition) is 3. The van der Waals surface area contributed by atoms with E-state index in [4.69, 9.17) is 4.74 Å². The van der Waals surface area contributed by atoms with Gasteiger partial charge in [0.15, 0.2) is 0 Å². The van der Waals surface area contributed by atoms with Gasteiger partial charge in [0, 0.05) is 17.6 Å². The molecule has 1 unspecified atom stereocenters. The molecule has 1 aliphatic heterocycles. The molecule has 0 aromatic heterocycles. The number of hydrogen-bond donors (Lipinski definition) is 2. The minimum atomic E-state index is -0.278. The van der Waals surface area contributed by atoms with Crippen LogP contribution in [0.25, 0.3) is 0 Å². The van der Waals surface area contributed by atoms with Crippen molar-refractivity contribution in [1.29, 1.82) is 0 Å². The normalized spacial score (nSPS) is 19.2. The van der Waals surface area contributed by atoms with Gasteiger partial charge in [-0.1, -0.05) is 15.9 Å². The fourth-order valence-corrected chi connectivity index (χ4v) is 2.16. The number of benzene rings is 1. The number of rotatable bonds is 3. The van der Waals surface area contributed by atoms with E-state index >= 15 is 0 Å². The maximum absolute atomic E-state index is 11.8. The second-order valence-electron chi connectivity index (χ2n) is 4.01. The number of nitrogens with one attached hydrogen (secondary N) is 1. The minimum Gasteiger partial charge on any atom is -0.507 e.